The van der Waals surface area contributed by atoms with E-state index in [-0.39, 0.29) is 0 Å². The zero-order valence-corrected chi connectivity index (χ0v) is 7.64. The van der Waals surface area contributed by atoms with Crippen LogP contribution in [-0.4, -0.2) is 60.2 Å². The molecule has 0 aliphatic rings. The molecule has 13 heavy (non-hydrogen) atoms. The van der Waals surface area contributed by atoms with E-state index in [9.17, 15) is 0 Å². The lowest BCUT2D eigenvalue weighted by atomic mass is 9.93. The Morgan fingerprint density at radius 1 is 0.846 bits per heavy atom. The van der Waals surface area contributed by atoms with Crippen LogP contribution in [0.15, 0.2) is 0 Å². The van der Waals surface area contributed by atoms with Crippen molar-refractivity contribution in [3.05, 3.63) is 0 Å². The predicted molar refractivity (Wildman–Crippen MR) is 44.2 cm³/mol. The zero-order valence-electron chi connectivity index (χ0n) is 6.83. The van der Waals surface area contributed by atoms with E-state index in [1.54, 1.807) is 0 Å². The highest BCUT2D eigenvalue weighted by Gasteiger charge is 2.26. The summed E-state index contributed by atoms with van der Waals surface area (Å²) >= 11 is -2.61. The van der Waals surface area contributed by atoms with Crippen LogP contribution in [0.25, 0.3) is 0 Å². The third-order valence-electron chi connectivity index (χ3n) is 1.34. The van der Waals surface area contributed by atoms with Crippen molar-refractivity contribution in [3.63, 3.8) is 0 Å². The molecule has 0 unspecified atom stereocenters. The zero-order chi connectivity index (χ0) is 10.9. The van der Waals surface area contributed by atoms with Gasteiger partial charge in [-0.05, 0) is 0 Å². The minimum Gasteiger partial charge on any atom is -0.396 e. The van der Waals surface area contributed by atoms with Crippen molar-refractivity contribution in [3.8, 4) is 0 Å². The van der Waals surface area contributed by atoms with Gasteiger partial charge in [0, 0.05) is 0 Å². The molecule has 0 fully saturated rings. The molecule has 0 heterocycles. The van der Waals surface area contributed by atoms with Crippen LogP contribution in [0.4, 0.5) is 0 Å². The summed E-state index contributed by atoms with van der Waals surface area (Å²) in [4.78, 5) is 0. The summed E-state index contributed by atoms with van der Waals surface area (Å²) in [6, 6.07) is 0. The number of aliphatic hydroxyl groups is 4. The second kappa shape index (κ2) is 8.51. The van der Waals surface area contributed by atoms with Crippen molar-refractivity contribution in [2.45, 2.75) is 0 Å². The van der Waals surface area contributed by atoms with E-state index in [0.717, 1.165) is 0 Å². The largest absolute Gasteiger partial charge is 0.396 e. The predicted octanol–water partition coefficient (Wildman–Crippen LogP) is -2.38. The van der Waals surface area contributed by atoms with E-state index in [0.29, 0.717) is 0 Å². The molecule has 0 aromatic rings. The summed E-state index contributed by atoms with van der Waals surface area (Å²) in [6.07, 6.45) is 0. The third kappa shape index (κ3) is 8.25. The fourth-order valence-corrected chi connectivity index (χ4v) is 0.300. The van der Waals surface area contributed by atoms with Crippen molar-refractivity contribution in [1.29, 1.82) is 0 Å². The van der Waals surface area contributed by atoms with E-state index >= 15 is 0 Å². The highest BCUT2D eigenvalue weighted by atomic mass is 32.2. The molecule has 0 atom stereocenters. The Hall–Kier alpha value is -0.0900. The Kier molecular flexibility index (Phi) is 10.1. The monoisotopic (exact) mass is 218 g/mol. The quantitative estimate of drug-likeness (QED) is 0.290. The van der Waals surface area contributed by atoms with Crippen LogP contribution >= 0.6 is 0 Å². The maximum atomic E-state index is 8.67. The fraction of sp³-hybridized carbons (Fsp3) is 1.00. The van der Waals surface area contributed by atoms with Gasteiger partial charge in [-0.3, -0.25) is 9.11 Å². The van der Waals surface area contributed by atoms with Gasteiger partial charge in [0.05, 0.1) is 31.8 Å². The highest BCUT2D eigenvalue weighted by Crippen LogP contribution is 2.11. The van der Waals surface area contributed by atoms with Gasteiger partial charge in [0.2, 0.25) is 0 Å². The summed E-state index contributed by atoms with van der Waals surface area (Å²) in [5.41, 5.74) is -1.11. The Balaban J connectivity index is 0. The molecule has 0 aromatic carbocycles. The standard InChI is InChI=1S/C5H12O4.H2O3S/c6-1-5(2-7,3-8)4-9;1-4(2)3/h6-9H,1-4H2;(H2,1,2,3). The van der Waals surface area contributed by atoms with Gasteiger partial charge in [-0.2, -0.15) is 4.21 Å². The van der Waals surface area contributed by atoms with Gasteiger partial charge < -0.3 is 20.4 Å². The fourth-order valence-electron chi connectivity index (χ4n) is 0.300. The van der Waals surface area contributed by atoms with Crippen LogP contribution in [0.5, 0.6) is 0 Å². The molecule has 6 N–H and O–H groups in total. The van der Waals surface area contributed by atoms with Crippen LogP contribution < -0.4 is 0 Å². The van der Waals surface area contributed by atoms with E-state index < -0.39 is 43.2 Å². The molecule has 0 amide bonds. The first kappa shape index (κ1) is 15.4. The molecule has 0 aromatic heterocycles. The molecular weight excluding hydrogens is 204 g/mol. The second-order valence-electron chi connectivity index (χ2n) is 2.36. The molecule has 0 aliphatic carbocycles. The summed E-state index contributed by atoms with van der Waals surface area (Å²) < 4.78 is 22.8. The Bertz CT molecular complexity index is 113. The first-order chi connectivity index (χ1) is 5.97. The van der Waals surface area contributed by atoms with E-state index in [2.05, 4.69) is 0 Å². The summed E-state index contributed by atoms with van der Waals surface area (Å²) in [5.74, 6) is 0. The number of hydrogen-bond donors (Lipinski definition) is 6. The van der Waals surface area contributed by atoms with E-state index in [4.69, 9.17) is 33.7 Å². The van der Waals surface area contributed by atoms with Gasteiger partial charge in [-0.15, -0.1) is 0 Å². The number of rotatable bonds is 4. The summed E-state index contributed by atoms with van der Waals surface area (Å²) in [5, 5.41) is 34.0. The molecular formula is C5H14O7S. The van der Waals surface area contributed by atoms with Crippen LogP contribution in [0.2, 0.25) is 0 Å². The smallest absolute Gasteiger partial charge is 0.299 e. The first-order valence-electron chi connectivity index (χ1n) is 3.21. The van der Waals surface area contributed by atoms with Crippen molar-refractivity contribution < 1.29 is 33.7 Å². The minimum atomic E-state index is -2.61. The lowest BCUT2D eigenvalue weighted by Gasteiger charge is -2.23. The molecule has 82 valence electrons. The van der Waals surface area contributed by atoms with Crippen LogP contribution in [0, 0.1) is 5.41 Å². The second-order valence-corrected chi connectivity index (χ2v) is 2.82. The Morgan fingerprint density at radius 2 is 1.00 bits per heavy atom. The molecule has 0 rings (SSSR count). The first-order valence-corrected chi connectivity index (χ1v) is 4.27. The minimum absolute atomic E-state index is 0.406. The SMILES string of the molecule is O=S(O)O.OCC(CO)(CO)CO. The maximum Gasteiger partial charge on any atom is 0.299 e. The van der Waals surface area contributed by atoms with Crippen molar-refractivity contribution >= 4 is 11.4 Å². The molecule has 0 spiro atoms. The van der Waals surface area contributed by atoms with Gasteiger partial charge in [0.25, 0.3) is 11.4 Å². The van der Waals surface area contributed by atoms with Gasteiger partial charge in [-0.1, -0.05) is 0 Å². The molecule has 0 saturated carbocycles. The molecule has 0 saturated heterocycles. The van der Waals surface area contributed by atoms with Gasteiger partial charge >= 0.3 is 0 Å². The van der Waals surface area contributed by atoms with Crippen LogP contribution in [0.1, 0.15) is 0 Å². The molecule has 8 heteroatoms. The van der Waals surface area contributed by atoms with Crippen LogP contribution in [-0.2, 0) is 11.4 Å². The van der Waals surface area contributed by atoms with Gasteiger partial charge in [0.15, 0.2) is 0 Å². The summed E-state index contributed by atoms with van der Waals surface area (Å²) in [6.45, 7) is -1.62. The molecule has 7 nitrogen and oxygen atoms in total. The lowest BCUT2D eigenvalue weighted by molar-refractivity contribution is -0.0328. The third-order valence-corrected chi connectivity index (χ3v) is 1.34. The molecule has 0 bridgehead atoms. The van der Waals surface area contributed by atoms with Gasteiger partial charge in [0.1, 0.15) is 0 Å². The van der Waals surface area contributed by atoms with Gasteiger partial charge in [-0.25, -0.2) is 0 Å². The average molecular weight is 218 g/mol. The van der Waals surface area contributed by atoms with Crippen molar-refractivity contribution in [2.75, 3.05) is 26.4 Å². The lowest BCUT2D eigenvalue weighted by Crippen LogP contribution is -2.37. The number of aliphatic hydroxyl groups excluding tert-OH is 4. The Morgan fingerprint density at radius 3 is 1.00 bits per heavy atom. The van der Waals surface area contributed by atoms with E-state index in [1.807, 2.05) is 0 Å². The van der Waals surface area contributed by atoms with Crippen molar-refractivity contribution in [1.82, 2.24) is 0 Å². The molecule has 0 aliphatic heterocycles. The number of hydrogen-bond acceptors (Lipinski definition) is 5. The average Bonchev–Trinajstić information content (AvgIpc) is 2.09. The normalized spacial score (nSPS) is 11.0. The van der Waals surface area contributed by atoms with Crippen molar-refractivity contribution in [2.24, 2.45) is 5.41 Å². The Labute approximate surface area is 77.8 Å². The summed E-state index contributed by atoms with van der Waals surface area (Å²) in [7, 11) is 0. The van der Waals surface area contributed by atoms with Crippen LogP contribution in [0.3, 0.4) is 0 Å². The van der Waals surface area contributed by atoms with E-state index in [1.165, 1.54) is 0 Å². The topological polar surface area (TPSA) is 138 Å². The maximum absolute atomic E-state index is 8.67. The molecule has 0 radical (unpaired) electrons. The highest BCUT2D eigenvalue weighted by molar-refractivity contribution is 7.73.